The smallest absolute Gasteiger partial charge is 0.237 e. The van der Waals surface area contributed by atoms with Gasteiger partial charge in [-0.2, -0.15) is 0 Å². The Morgan fingerprint density at radius 2 is 2.18 bits per heavy atom. The number of hydrogen-bond acceptors (Lipinski definition) is 3. The Balaban J connectivity index is 2.29. The van der Waals surface area contributed by atoms with Crippen molar-refractivity contribution in [2.75, 3.05) is 26.2 Å². The number of nitrogens with zero attached hydrogens (tertiary/aromatic N) is 1. The number of amides is 1. The molecule has 1 fully saturated rings. The molecule has 1 amide bonds. The van der Waals surface area contributed by atoms with Crippen molar-refractivity contribution in [1.82, 2.24) is 10.2 Å². The van der Waals surface area contributed by atoms with Crippen LogP contribution in [0.4, 0.5) is 0 Å². The Hall–Kier alpha value is -0.610. The van der Waals surface area contributed by atoms with Crippen molar-refractivity contribution in [3.63, 3.8) is 0 Å². The van der Waals surface area contributed by atoms with E-state index in [9.17, 15) is 4.79 Å². The third kappa shape index (κ3) is 4.28. The highest BCUT2D eigenvalue weighted by Gasteiger charge is 2.28. The molecule has 4 heteroatoms. The molecule has 0 radical (unpaired) electrons. The van der Waals surface area contributed by atoms with Crippen molar-refractivity contribution < 1.29 is 4.79 Å². The second-order valence-electron chi connectivity index (χ2n) is 6.14. The third-order valence-electron chi connectivity index (χ3n) is 3.60. The average Bonchev–Trinajstić information content (AvgIpc) is 2.71. The lowest BCUT2D eigenvalue weighted by atomic mass is 9.87. The van der Waals surface area contributed by atoms with Crippen LogP contribution in [0, 0.1) is 11.3 Å². The van der Waals surface area contributed by atoms with Gasteiger partial charge in [0.2, 0.25) is 5.91 Å². The number of nitrogens with one attached hydrogen (secondary N) is 1. The van der Waals surface area contributed by atoms with Crippen molar-refractivity contribution >= 4 is 5.91 Å². The Bertz CT molecular complexity index is 260. The number of carbonyl (C=O) groups is 1. The fraction of sp³-hybridized carbons (Fsp3) is 0.923. The number of carbonyl (C=O) groups excluding carboxylic acids is 1. The molecule has 1 saturated heterocycles. The number of rotatable bonds is 4. The van der Waals surface area contributed by atoms with Gasteiger partial charge in [-0.15, -0.1) is 0 Å². The van der Waals surface area contributed by atoms with Crippen LogP contribution >= 0.6 is 0 Å². The Kier molecular flexibility index (Phi) is 4.95. The third-order valence-corrected chi connectivity index (χ3v) is 3.60. The van der Waals surface area contributed by atoms with E-state index in [1.165, 1.54) is 6.42 Å². The van der Waals surface area contributed by atoms with E-state index in [0.717, 1.165) is 26.2 Å². The first-order valence-electron chi connectivity index (χ1n) is 6.60. The molecule has 1 aliphatic heterocycles. The molecule has 0 aromatic rings. The second-order valence-corrected chi connectivity index (χ2v) is 6.14. The highest BCUT2D eigenvalue weighted by molar-refractivity contribution is 5.82. The van der Waals surface area contributed by atoms with Crippen LogP contribution < -0.4 is 11.1 Å². The predicted octanol–water partition coefficient (Wildman–Crippen LogP) is 0.818. The zero-order valence-corrected chi connectivity index (χ0v) is 11.6. The quantitative estimate of drug-likeness (QED) is 0.766. The summed E-state index contributed by atoms with van der Waals surface area (Å²) in [5.41, 5.74) is 5.74. The molecule has 2 unspecified atom stereocenters. The molecule has 1 rings (SSSR count). The topological polar surface area (TPSA) is 58.4 Å². The monoisotopic (exact) mass is 241 g/mol. The van der Waals surface area contributed by atoms with Gasteiger partial charge in [-0.25, -0.2) is 0 Å². The largest absolute Gasteiger partial charge is 0.354 e. The standard InChI is InChI=1S/C13H27N3O/c1-5-16-7-6-10(9-16)8-15-12(17)11(14)13(2,3)4/h10-11H,5-9,14H2,1-4H3,(H,15,17). The highest BCUT2D eigenvalue weighted by Crippen LogP contribution is 2.18. The average molecular weight is 241 g/mol. The maximum Gasteiger partial charge on any atom is 0.237 e. The fourth-order valence-corrected chi connectivity index (χ4v) is 2.11. The summed E-state index contributed by atoms with van der Waals surface area (Å²) in [4.78, 5) is 14.3. The van der Waals surface area contributed by atoms with Crippen LogP contribution in [0.25, 0.3) is 0 Å². The SMILES string of the molecule is CCN1CCC(CNC(=O)C(N)C(C)(C)C)C1. The molecular weight excluding hydrogens is 214 g/mol. The van der Waals surface area contributed by atoms with E-state index in [-0.39, 0.29) is 11.3 Å². The molecule has 17 heavy (non-hydrogen) atoms. The molecule has 2 atom stereocenters. The van der Waals surface area contributed by atoms with Gasteiger partial charge in [0.25, 0.3) is 0 Å². The van der Waals surface area contributed by atoms with E-state index >= 15 is 0 Å². The van der Waals surface area contributed by atoms with E-state index in [2.05, 4.69) is 17.1 Å². The Morgan fingerprint density at radius 3 is 2.65 bits per heavy atom. The maximum absolute atomic E-state index is 11.8. The maximum atomic E-state index is 11.8. The number of likely N-dealkylation sites (tertiary alicyclic amines) is 1. The van der Waals surface area contributed by atoms with Crippen LogP contribution in [0.15, 0.2) is 0 Å². The Labute approximate surface area is 105 Å². The van der Waals surface area contributed by atoms with Gasteiger partial charge >= 0.3 is 0 Å². The summed E-state index contributed by atoms with van der Waals surface area (Å²) in [6.45, 7) is 12.3. The van der Waals surface area contributed by atoms with Crippen LogP contribution in [-0.2, 0) is 4.79 Å². The van der Waals surface area contributed by atoms with Gasteiger partial charge in [-0.05, 0) is 30.8 Å². The summed E-state index contributed by atoms with van der Waals surface area (Å²) in [7, 11) is 0. The molecule has 1 aliphatic rings. The van der Waals surface area contributed by atoms with Gasteiger partial charge in [0.05, 0.1) is 6.04 Å². The lowest BCUT2D eigenvalue weighted by Gasteiger charge is -2.26. The van der Waals surface area contributed by atoms with E-state index < -0.39 is 6.04 Å². The van der Waals surface area contributed by atoms with E-state index in [0.29, 0.717) is 5.92 Å². The normalized spacial score (nSPS) is 23.7. The minimum absolute atomic E-state index is 0.0209. The zero-order chi connectivity index (χ0) is 13.1. The first-order chi connectivity index (χ1) is 7.84. The van der Waals surface area contributed by atoms with Gasteiger partial charge < -0.3 is 16.0 Å². The van der Waals surface area contributed by atoms with Crippen molar-refractivity contribution in [3.8, 4) is 0 Å². The second kappa shape index (κ2) is 5.83. The fourth-order valence-electron chi connectivity index (χ4n) is 2.11. The van der Waals surface area contributed by atoms with E-state index in [4.69, 9.17) is 5.73 Å². The lowest BCUT2D eigenvalue weighted by Crippen LogP contribution is -2.49. The molecule has 100 valence electrons. The van der Waals surface area contributed by atoms with Crippen LogP contribution in [0.5, 0.6) is 0 Å². The summed E-state index contributed by atoms with van der Waals surface area (Å²) in [5.74, 6) is 0.568. The summed E-state index contributed by atoms with van der Waals surface area (Å²) in [6.07, 6.45) is 1.18. The Morgan fingerprint density at radius 1 is 1.53 bits per heavy atom. The molecular formula is C13H27N3O. The van der Waals surface area contributed by atoms with Gasteiger partial charge in [0.15, 0.2) is 0 Å². The molecule has 0 aromatic carbocycles. The molecule has 0 aromatic heterocycles. The predicted molar refractivity (Wildman–Crippen MR) is 70.7 cm³/mol. The van der Waals surface area contributed by atoms with Crippen LogP contribution in [-0.4, -0.2) is 43.0 Å². The van der Waals surface area contributed by atoms with Crippen LogP contribution in [0.1, 0.15) is 34.1 Å². The zero-order valence-electron chi connectivity index (χ0n) is 11.6. The number of nitrogens with two attached hydrogens (primary N) is 1. The summed E-state index contributed by atoms with van der Waals surface area (Å²) in [5, 5.41) is 2.98. The molecule has 0 saturated carbocycles. The minimum Gasteiger partial charge on any atom is -0.354 e. The van der Waals surface area contributed by atoms with Crippen molar-refractivity contribution in [3.05, 3.63) is 0 Å². The molecule has 0 spiro atoms. The van der Waals surface area contributed by atoms with Crippen LogP contribution in [0.2, 0.25) is 0 Å². The van der Waals surface area contributed by atoms with Crippen LogP contribution in [0.3, 0.4) is 0 Å². The summed E-state index contributed by atoms with van der Waals surface area (Å²) >= 11 is 0. The van der Waals surface area contributed by atoms with Gasteiger partial charge in [0, 0.05) is 13.1 Å². The van der Waals surface area contributed by atoms with Crippen molar-refractivity contribution in [2.24, 2.45) is 17.1 Å². The van der Waals surface area contributed by atoms with Gasteiger partial charge in [-0.3, -0.25) is 4.79 Å². The highest BCUT2D eigenvalue weighted by atomic mass is 16.2. The van der Waals surface area contributed by atoms with E-state index in [1.807, 2.05) is 20.8 Å². The molecule has 0 bridgehead atoms. The first-order valence-corrected chi connectivity index (χ1v) is 6.60. The van der Waals surface area contributed by atoms with Gasteiger partial charge in [0.1, 0.15) is 0 Å². The first kappa shape index (κ1) is 14.5. The summed E-state index contributed by atoms with van der Waals surface area (Å²) < 4.78 is 0. The lowest BCUT2D eigenvalue weighted by molar-refractivity contribution is -0.124. The van der Waals surface area contributed by atoms with Crippen molar-refractivity contribution in [1.29, 1.82) is 0 Å². The summed E-state index contributed by atoms with van der Waals surface area (Å²) in [6, 6.07) is -0.425. The molecule has 0 aliphatic carbocycles. The molecule has 1 heterocycles. The number of hydrogen-bond donors (Lipinski definition) is 2. The molecule has 4 nitrogen and oxygen atoms in total. The van der Waals surface area contributed by atoms with E-state index in [1.54, 1.807) is 0 Å². The molecule has 3 N–H and O–H groups in total. The minimum atomic E-state index is -0.425. The van der Waals surface area contributed by atoms with Crippen molar-refractivity contribution in [2.45, 2.75) is 40.2 Å². The van der Waals surface area contributed by atoms with Gasteiger partial charge in [-0.1, -0.05) is 27.7 Å².